The molecule has 0 spiro atoms. The summed E-state index contributed by atoms with van der Waals surface area (Å²) in [6.45, 7) is 1.74. The van der Waals surface area contributed by atoms with Crippen LogP contribution in [0.2, 0.25) is 0 Å². The van der Waals surface area contributed by atoms with Crippen molar-refractivity contribution in [2.24, 2.45) is 0 Å². The van der Waals surface area contributed by atoms with Crippen LogP contribution in [0.1, 0.15) is 11.8 Å². The van der Waals surface area contributed by atoms with Gasteiger partial charge >= 0.3 is 0 Å². The molecule has 0 saturated heterocycles. The van der Waals surface area contributed by atoms with Crippen LogP contribution in [0.25, 0.3) is 0 Å². The fraction of sp³-hybridized carbons (Fsp3) is 0.667. The van der Waals surface area contributed by atoms with E-state index in [2.05, 4.69) is 10.2 Å². The van der Waals surface area contributed by atoms with E-state index in [0.717, 1.165) is 0 Å². The van der Waals surface area contributed by atoms with Crippen molar-refractivity contribution >= 4 is 28.9 Å². The van der Waals surface area contributed by atoms with Crippen molar-refractivity contribution in [3.05, 3.63) is 11.8 Å². The zero-order chi connectivity index (χ0) is 10.6. The van der Waals surface area contributed by atoms with Gasteiger partial charge in [-0.25, -0.2) is 0 Å². The van der Waals surface area contributed by atoms with Gasteiger partial charge in [-0.2, -0.15) is 0 Å². The second-order valence-electron chi connectivity index (χ2n) is 2.30. The molecule has 1 aromatic rings. The standard InChI is InChI=1S/C6H11N2O3PS2/c1-5-7-8-6(11-5)4-14-12(13,9-2)10-3/h4H2,1-3H3. The predicted octanol–water partition coefficient (Wildman–Crippen LogP) is 2.13. The van der Waals surface area contributed by atoms with Crippen LogP contribution in [0.4, 0.5) is 0 Å². The molecule has 0 amide bonds. The van der Waals surface area contributed by atoms with Gasteiger partial charge in [0.1, 0.15) is 0 Å². The summed E-state index contributed by atoms with van der Waals surface area (Å²) in [4.78, 5) is 0. The van der Waals surface area contributed by atoms with Gasteiger partial charge in [-0.1, -0.05) is 11.4 Å². The largest absolute Gasteiger partial charge is 0.425 e. The Hall–Kier alpha value is 0.0600. The molecule has 0 aliphatic carbocycles. The highest BCUT2D eigenvalue weighted by atomic mass is 32.9. The Morgan fingerprint density at radius 1 is 1.43 bits per heavy atom. The summed E-state index contributed by atoms with van der Waals surface area (Å²) in [7, 11) is 3.08. The zero-order valence-corrected chi connectivity index (χ0v) is 10.6. The Balaban J connectivity index is 2.51. The maximum absolute atomic E-state index is 5.19. The summed E-state index contributed by atoms with van der Waals surface area (Å²) >= 11 is 6.53. The number of aryl methyl sites for hydroxylation is 1. The molecule has 0 aromatic carbocycles. The Morgan fingerprint density at radius 3 is 2.50 bits per heavy atom. The summed E-state index contributed by atoms with van der Waals surface area (Å²) in [5, 5.41) is 7.55. The van der Waals surface area contributed by atoms with Gasteiger partial charge in [0.05, 0.1) is 5.75 Å². The van der Waals surface area contributed by atoms with E-state index >= 15 is 0 Å². The molecule has 0 aliphatic rings. The molecule has 80 valence electrons. The van der Waals surface area contributed by atoms with E-state index in [-0.39, 0.29) is 0 Å². The average Bonchev–Trinajstić information content (AvgIpc) is 2.61. The SMILES string of the molecule is COP(=S)(OC)SCc1nnc(C)o1. The van der Waals surface area contributed by atoms with Crippen LogP contribution in [-0.4, -0.2) is 24.4 Å². The molecule has 0 radical (unpaired) electrons. The van der Waals surface area contributed by atoms with E-state index in [1.807, 2.05) is 0 Å². The van der Waals surface area contributed by atoms with Crippen LogP contribution >= 0.6 is 17.1 Å². The lowest BCUT2D eigenvalue weighted by molar-refractivity contribution is 0.354. The van der Waals surface area contributed by atoms with Crippen molar-refractivity contribution in [2.75, 3.05) is 14.2 Å². The van der Waals surface area contributed by atoms with Crippen molar-refractivity contribution in [1.29, 1.82) is 0 Å². The van der Waals surface area contributed by atoms with Crippen molar-refractivity contribution in [3.63, 3.8) is 0 Å². The van der Waals surface area contributed by atoms with Crippen molar-refractivity contribution in [1.82, 2.24) is 10.2 Å². The van der Waals surface area contributed by atoms with Crippen molar-refractivity contribution in [2.45, 2.75) is 12.7 Å². The van der Waals surface area contributed by atoms with E-state index in [9.17, 15) is 0 Å². The maximum Gasteiger partial charge on any atom is 0.247 e. The predicted molar refractivity (Wildman–Crippen MR) is 58.6 cm³/mol. The molecule has 0 saturated carbocycles. The minimum Gasteiger partial charge on any atom is -0.425 e. The molecule has 0 bridgehead atoms. The molecule has 0 N–H and O–H groups in total. The topological polar surface area (TPSA) is 57.4 Å². The van der Waals surface area contributed by atoms with E-state index in [4.69, 9.17) is 25.3 Å². The summed E-state index contributed by atoms with van der Waals surface area (Å²) in [6.07, 6.45) is 0. The van der Waals surface area contributed by atoms with Crippen LogP contribution in [0.15, 0.2) is 4.42 Å². The van der Waals surface area contributed by atoms with Gasteiger partial charge in [0.25, 0.3) is 0 Å². The highest BCUT2D eigenvalue weighted by molar-refractivity contribution is 8.67. The van der Waals surface area contributed by atoms with E-state index in [0.29, 0.717) is 17.5 Å². The van der Waals surface area contributed by atoms with Crippen molar-refractivity contribution in [3.8, 4) is 0 Å². The summed E-state index contributed by atoms with van der Waals surface area (Å²) < 4.78 is 15.4. The molecule has 1 heterocycles. The Kier molecular flexibility index (Phi) is 4.53. The molecule has 8 heteroatoms. The van der Waals surface area contributed by atoms with Gasteiger partial charge in [0.2, 0.25) is 17.5 Å². The molecular formula is C6H11N2O3PS2. The third kappa shape index (κ3) is 3.33. The van der Waals surface area contributed by atoms with E-state index < -0.39 is 5.69 Å². The van der Waals surface area contributed by atoms with Gasteiger partial charge in [-0.15, -0.1) is 10.2 Å². The molecule has 0 atom stereocenters. The molecule has 0 aliphatic heterocycles. The van der Waals surface area contributed by atoms with E-state index in [1.165, 1.54) is 25.6 Å². The quantitative estimate of drug-likeness (QED) is 0.746. The first-order valence-electron chi connectivity index (χ1n) is 3.74. The second kappa shape index (κ2) is 5.23. The molecule has 1 aromatic heterocycles. The lowest BCUT2D eigenvalue weighted by Crippen LogP contribution is -1.85. The molecule has 0 unspecified atom stereocenters. The lowest BCUT2D eigenvalue weighted by atomic mass is 10.8. The summed E-state index contributed by atoms with van der Waals surface area (Å²) in [5.41, 5.74) is -2.22. The third-order valence-electron chi connectivity index (χ3n) is 1.36. The molecule has 5 nitrogen and oxygen atoms in total. The van der Waals surface area contributed by atoms with Gasteiger partial charge in [-0.3, -0.25) is 0 Å². The number of hydrogen-bond acceptors (Lipinski definition) is 7. The van der Waals surface area contributed by atoms with Crippen LogP contribution in [0.3, 0.4) is 0 Å². The Bertz CT molecular complexity index is 336. The molecule has 1 rings (SSSR count). The van der Waals surface area contributed by atoms with Gasteiger partial charge in [-0.05, 0) is 11.8 Å². The molecule has 14 heavy (non-hydrogen) atoms. The van der Waals surface area contributed by atoms with Gasteiger partial charge in [0.15, 0.2) is 0 Å². The van der Waals surface area contributed by atoms with Crippen molar-refractivity contribution < 1.29 is 13.5 Å². The van der Waals surface area contributed by atoms with Crippen LogP contribution in [-0.2, 0) is 26.6 Å². The highest BCUT2D eigenvalue weighted by Gasteiger charge is 2.17. The third-order valence-corrected chi connectivity index (χ3v) is 7.02. The first-order chi connectivity index (χ1) is 6.59. The minimum atomic E-state index is -2.22. The fourth-order valence-electron chi connectivity index (χ4n) is 0.710. The smallest absolute Gasteiger partial charge is 0.247 e. The molecular weight excluding hydrogens is 243 g/mol. The van der Waals surface area contributed by atoms with Crippen LogP contribution in [0, 0.1) is 6.92 Å². The Labute approximate surface area is 91.5 Å². The lowest BCUT2D eigenvalue weighted by Gasteiger charge is -2.14. The Morgan fingerprint density at radius 2 is 2.07 bits per heavy atom. The number of hydrogen-bond donors (Lipinski definition) is 0. The average molecular weight is 254 g/mol. The second-order valence-corrected chi connectivity index (χ2v) is 8.82. The zero-order valence-electron chi connectivity index (χ0n) is 8.09. The van der Waals surface area contributed by atoms with Gasteiger partial charge < -0.3 is 13.5 Å². The van der Waals surface area contributed by atoms with Crippen LogP contribution < -0.4 is 0 Å². The maximum atomic E-state index is 5.19. The molecule has 0 fully saturated rings. The first kappa shape index (κ1) is 12.1. The van der Waals surface area contributed by atoms with Gasteiger partial charge in [0, 0.05) is 21.1 Å². The number of nitrogens with zero attached hydrogens (tertiary/aromatic N) is 2. The monoisotopic (exact) mass is 254 g/mol. The fourth-order valence-corrected chi connectivity index (χ4v) is 3.37. The normalized spacial score (nSPS) is 11.9. The minimum absolute atomic E-state index is 0.514. The van der Waals surface area contributed by atoms with E-state index in [1.54, 1.807) is 6.92 Å². The first-order valence-corrected chi connectivity index (χ1v) is 7.97. The van der Waals surface area contributed by atoms with Crippen LogP contribution in [0.5, 0.6) is 0 Å². The summed E-state index contributed by atoms with van der Waals surface area (Å²) in [6, 6.07) is 0. The number of aromatic nitrogens is 2. The summed E-state index contributed by atoms with van der Waals surface area (Å²) in [5.74, 6) is 1.60. The number of rotatable bonds is 5. The highest BCUT2D eigenvalue weighted by Crippen LogP contribution is 2.60.